The summed E-state index contributed by atoms with van der Waals surface area (Å²) in [6, 6.07) is 9.79. The predicted molar refractivity (Wildman–Crippen MR) is 112 cm³/mol. The van der Waals surface area contributed by atoms with Crippen molar-refractivity contribution in [2.45, 2.75) is 18.7 Å². The molecule has 2 aromatic rings. The number of nitrogens with one attached hydrogen (secondary N) is 1. The highest BCUT2D eigenvalue weighted by molar-refractivity contribution is 7.92. The van der Waals surface area contributed by atoms with E-state index in [1.165, 1.54) is 12.1 Å². The van der Waals surface area contributed by atoms with Gasteiger partial charge in [0.25, 0.3) is 15.9 Å². The molecule has 150 valence electrons. The van der Waals surface area contributed by atoms with E-state index in [0.29, 0.717) is 24.3 Å². The van der Waals surface area contributed by atoms with Crippen LogP contribution < -0.4 is 4.72 Å². The zero-order valence-electron chi connectivity index (χ0n) is 16.2. The number of anilines is 1. The van der Waals surface area contributed by atoms with E-state index in [-0.39, 0.29) is 15.8 Å². The molecule has 0 unspecified atom stereocenters. The van der Waals surface area contributed by atoms with Gasteiger partial charge in [-0.15, -0.1) is 0 Å². The third-order valence-corrected chi connectivity index (χ3v) is 6.95. The Bertz CT molecular complexity index is 1000. The van der Waals surface area contributed by atoms with E-state index in [4.69, 9.17) is 11.6 Å². The minimum Gasteiger partial charge on any atom is -0.336 e. The number of sulfonamides is 1. The van der Waals surface area contributed by atoms with Crippen molar-refractivity contribution >= 4 is 33.2 Å². The molecule has 6 nitrogen and oxygen atoms in total. The van der Waals surface area contributed by atoms with Crippen molar-refractivity contribution in [2.75, 3.05) is 37.9 Å². The summed E-state index contributed by atoms with van der Waals surface area (Å²) in [5.41, 5.74) is 2.62. The third kappa shape index (κ3) is 4.32. The largest absolute Gasteiger partial charge is 0.336 e. The normalized spacial score (nSPS) is 15.5. The Labute approximate surface area is 171 Å². The first kappa shape index (κ1) is 20.6. The maximum Gasteiger partial charge on any atom is 0.263 e. The average molecular weight is 422 g/mol. The van der Waals surface area contributed by atoms with Crippen molar-refractivity contribution in [3.05, 3.63) is 58.1 Å². The van der Waals surface area contributed by atoms with Crippen molar-refractivity contribution in [3.8, 4) is 0 Å². The minimum absolute atomic E-state index is 0.0766. The van der Waals surface area contributed by atoms with E-state index in [2.05, 4.69) is 9.62 Å². The molecule has 1 heterocycles. The second-order valence-electron chi connectivity index (χ2n) is 7.09. The van der Waals surface area contributed by atoms with Gasteiger partial charge in [0, 0.05) is 31.7 Å². The number of nitrogens with zero attached hydrogens (tertiary/aromatic N) is 2. The van der Waals surface area contributed by atoms with Crippen LogP contribution in [0.5, 0.6) is 0 Å². The maximum atomic E-state index is 13.0. The monoisotopic (exact) mass is 421 g/mol. The van der Waals surface area contributed by atoms with Gasteiger partial charge in [-0.25, -0.2) is 8.42 Å². The van der Waals surface area contributed by atoms with Gasteiger partial charge >= 0.3 is 0 Å². The molecule has 1 amide bonds. The second-order valence-corrected chi connectivity index (χ2v) is 9.15. The Morgan fingerprint density at radius 3 is 2.43 bits per heavy atom. The van der Waals surface area contributed by atoms with Crippen molar-refractivity contribution in [2.24, 2.45) is 0 Å². The van der Waals surface area contributed by atoms with Crippen LogP contribution in [0.3, 0.4) is 0 Å². The standard InChI is InChI=1S/C20H24ClN3O3S/c1-14-5-4-6-18(15(14)2)22-28(26,27)19-13-16(7-8-17(19)21)20(25)24-11-9-23(3)10-12-24/h4-8,13,22H,9-12H2,1-3H3. The summed E-state index contributed by atoms with van der Waals surface area (Å²) in [5.74, 6) is -0.187. The van der Waals surface area contributed by atoms with Crippen molar-refractivity contribution in [3.63, 3.8) is 0 Å². The number of aryl methyl sites for hydroxylation is 1. The fraction of sp³-hybridized carbons (Fsp3) is 0.350. The molecule has 1 N–H and O–H groups in total. The van der Waals surface area contributed by atoms with Gasteiger partial charge in [0.2, 0.25) is 0 Å². The van der Waals surface area contributed by atoms with Crippen molar-refractivity contribution in [1.29, 1.82) is 0 Å². The van der Waals surface area contributed by atoms with Gasteiger partial charge in [0.05, 0.1) is 10.7 Å². The van der Waals surface area contributed by atoms with Crippen LogP contribution in [0.4, 0.5) is 5.69 Å². The molecule has 8 heteroatoms. The van der Waals surface area contributed by atoms with Gasteiger partial charge in [-0.3, -0.25) is 9.52 Å². The number of carbonyl (C=O) groups excluding carboxylic acids is 1. The first-order valence-corrected chi connectivity index (χ1v) is 10.9. The molecule has 0 radical (unpaired) electrons. The van der Waals surface area contributed by atoms with Crippen LogP contribution >= 0.6 is 11.6 Å². The van der Waals surface area contributed by atoms with Gasteiger partial charge in [-0.05, 0) is 56.3 Å². The molecular formula is C20H24ClN3O3S. The Morgan fingerprint density at radius 2 is 1.75 bits per heavy atom. The highest BCUT2D eigenvalue weighted by Crippen LogP contribution is 2.27. The van der Waals surface area contributed by atoms with Crippen LogP contribution in [0, 0.1) is 13.8 Å². The number of amides is 1. The van der Waals surface area contributed by atoms with Crippen molar-refractivity contribution in [1.82, 2.24) is 9.80 Å². The van der Waals surface area contributed by atoms with Gasteiger partial charge in [-0.2, -0.15) is 0 Å². The molecule has 28 heavy (non-hydrogen) atoms. The van der Waals surface area contributed by atoms with Gasteiger partial charge < -0.3 is 9.80 Å². The maximum absolute atomic E-state index is 13.0. The Hall–Kier alpha value is -2.09. The SMILES string of the molecule is Cc1cccc(NS(=O)(=O)c2cc(C(=O)N3CCN(C)CC3)ccc2Cl)c1C. The molecule has 1 aliphatic rings. The molecule has 0 spiro atoms. The lowest BCUT2D eigenvalue weighted by Crippen LogP contribution is -2.47. The van der Waals surface area contributed by atoms with E-state index < -0.39 is 10.0 Å². The molecule has 3 rings (SSSR count). The molecule has 1 saturated heterocycles. The smallest absolute Gasteiger partial charge is 0.263 e. The third-order valence-electron chi connectivity index (χ3n) is 5.11. The molecule has 2 aromatic carbocycles. The van der Waals surface area contributed by atoms with E-state index >= 15 is 0 Å². The summed E-state index contributed by atoms with van der Waals surface area (Å²) in [6.07, 6.45) is 0. The molecule has 0 bridgehead atoms. The molecule has 0 saturated carbocycles. The highest BCUT2D eigenvalue weighted by atomic mass is 35.5. The highest BCUT2D eigenvalue weighted by Gasteiger charge is 2.24. The van der Waals surface area contributed by atoms with Gasteiger partial charge in [-0.1, -0.05) is 23.7 Å². The van der Waals surface area contributed by atoms with Gasteiger partial charge in [0.15, 0.2) is 0 Å². The summed E-state index contributed by atoms with van der Waals surface area (Å²) in [5, 5.41) is 0.0766. The molecular weight excluding hydrogens is 398 g/mol. The molecule has 1 aliphatic heterocycles. The zero-order valence-corrected chi connectivity index (χ0v) is 17.8. The zero-order chi connectivity index (χ0) is 20.5. The number of likely N-dealkylation sites (N-methyl/N-ethyl adjacent to an activating group) is 1. The molecule has 0 atom stereocenters. The van der Waals surface area contributed by atoms with E-state index in [9.17, 15) is 13.2 Å². The van der Waals surface area contributed by atoms with E-state index in [0.717, 1.165) is 24.2 Å². The summed E-state index contributed by atoms with van der Waals surface area (Å²) >= 11 is 6.18. The molecule has 0 aliphatic carbocycles. The number of halogens is 1. The molecule has 1 fully saturated rings. The second kappa shape index (κ2) is 8.11. The summed E-state index contributed by atoms with van der Waals surface area (Å²) in [4.78, 5) is 16.6. The fourth-order valence-corrected chi connectivity index (χ4v) is 4.75. The quantitative estimate of drug-likeness (QED) is 0.823. The first-order chi connectivity index (χ1) is 13.2. The Balaban J connectivity index is 1.90. The lowest BCUT2D eigenvalue weighted by Gasteiger charge is -2.32. The fourth-order valence-electron chi connectivity index (χ4n) is 3.10. The van der Waals surface area contributed by atoms with Crippen LogP contribution in [0.25, 0.3) is 0 Å². The number of benzene rings is 2. The minimum atomic E-state index is -3.94. The van der Waals surface area contributed by atoms with E-state index in [1.807, 2.05) is 27.0 Å². The summed E-state index contributed by atoms with van der Waals surface area (Å²) in [6.45, 7) is 6.57. The van der Waals surface area contributed by atoms with Crippen LogP contribution in [-0.4, -0.2) is 57.4 Å². The lowest BCUT2D eigenvalue weighted by molar-refractivity contribution is 0.0664. The van der Waals surface area contributed by atoms with Crippen LogP contribution in [0.2, 0.25) is 5.02 Å². The molecule has 0 aromatic heterocycles. The number of hydrogen-bond acceptors (Lipinski definition) is 4. The van der Waals surface area contributed by atoms with E-state index in [1.54, 1.807) is 23.1 Å². The van der Waals surface area contributed by atoms with Gasteiger partial charge in [0.1, 0.15) is 4.90 Å². The summed E-state index contributed by atoms with van der Waals surface area (Å²) < 4.78 is 28.5. The summed E-state index contributed by atoms with van der Waals surface area (Å²) in [7, 11) is -1.93. The van der Waals surface area contributed by atoms with Crippen LogP contribution in [0.15, 0.2) is 41.3 Å². The lowest BCUT2D eigenvalue weighted by atomic mass is 10.1. The number of hydrogen-bond donors (Lipinski definition) is 1. The number of piperazine rings is 1. The average Bonchev–Trinajstić information content (AvgIpc) is 2.65. The Morgan fingerprint density at radius 1 is 1.07 bits per heavy atom. The Kier molecular flexibility index (Phi) is 5.98. The first-order valence-electron chi connectivity index (χ1n) is 9.05. The topological polar surface area (TPSA) is 69.7 Å². The number of carbonyl (C=O) groups is 1. The van der Waals surface area contributed by atoms with Crippen LogP contribution in [-0.2, 0) is 10.0 Å². The van der Waals surface area contributed by atoms with Crippen LogP contribution in [0.1, 0.15) is 21.5 Å². The number of rotatable bonds is 4. The predicted octanol–water partition coefficient (Wildman–Crippen LogP) is 3.15. The van der Waals surface area contributed by atoms with Crippen molar-refractivity contribution < 1.29 is 13.2 Å².